The lowest BCUT2D eigenvalue weighted by Gasteiger charge is -2.16. The summed E-state index contributed by atoms with van der Waals surface area (Å²) in [5.41, 5.74) is 8.53. The summed E-state index contributed by atoms with van der Waals surface area (Å²) >= 11 is 6.19. The van der Waals surface area contributed by atoms with E-state index in [1.807, 2.05) is 0 Å². The number of benzene rings is 2. The highest BCUT2D eigenvalue weighted by Gasteiger charge is 2.12. The molecule has 0 atom stereocenters. The summed E-state index contributed by atoms with van der Waals surface area (Å²) in [6.07, 6.45) is 1.13. The molecule has 0 fully saturated rings. The molecule has 0 radical (unpaired) electrons. The molecule has 2 aromatic carbocycles. The van der Waals surface area contributed by atoms with Crippen molar-refractivity contribution in [1.29, 1.82) is 0 Å². The molecule has 1 heterocycles. The molecule has 6 heteroatoms. The van der Waals surface area contributed by atoms with Gasteiger partial charge in [-0.05, 0) is 62.5 Å². The molecule has 138 valence electrons. The van der Waals surface area contributed by atoms with E-state index in [-0.39, 0.29) is 0 Å². The topological polar surface area (TPSA) is 51.7 Å². The first-order chi connectivity index (χ1) is 12.6. The number of nitrogens with zero attached hydrogens (tertiary/aromatic N) is 2. The van der Waals surface area contributed by atoms with Crippen LogP contribution in [0.3, 0.4) is 0 Å². The molecular weight excluding hydrogens is 346 g/mol. The summed E-state index contributed by atoms with van der Waals surface area (Å²) in [6, 6.07) is 14.8. The van der Waals surface area contributed by atoms with Crippen LogP contribution in [0.2, 0.25) is 0 Å². The van der Waals surface area contributed by atoms with Crippen LogP contribution < -0.4 is 16.1 Å². The third-order valence-electron chi connectivity index (χ3n) is 4.31. The second-order valence-corrected chi connectivity index (χ2v) is 7.10. The second kappa shape index (κ2) is 8.92. The van der Waals surface area contributed by atoms with Gasteiger partial charge in [0.25, 0.3) is 0 Å². The molecule has 0 aromatic heterocycles. The molecule has 2 aromatic rings. The van der Waals surface area contributed by atoms with Gasteiger partial charge in [-0.25, -0.2) is 0 Å². The fraction of sp³-hybridized carbons (Fsp3) is 0.350. The van der Waals surface area contributed by atoms with Gasteiger partial charge < -0.3 is 21.0 Å². The molecule has 0 amide bonds. The molecule has 0 bridgehead atoms. The minimum atomic E-state index is 0.513. The van der Waals surface area contributed by atoms with Gasteiger partial charge in [0.2, 0.25) is 0 Å². The number of hydrazone groups is 1. The predicted octanol–water partition coefficient (Wildman–Crippen LogP) is 3.67. The zero-order chi connectivity index (χ0) is 18.4. The Kier molecular flexibility index (Phi) is 6.36. The van der Waals surface area contributed by atoms with Crippen LogP contribution in [0.1, 0.15) is 23.1 Å². The van der Waals surface area contributed by atoms with Gasteiger partial charge in [-0.15, -0.1) is 0 Å². The Bertz CT molecular complexity index is 773. The highest BCUT2D eigenvalue weighted by Crippen LogP contribution is 2.21. The highest BCUT2D eigenvalue weighted by molar-refractivity contribution is 6.69. The molecular formula is C20H26ClN5. The summed E-state index contributed by atoms with van der Waals surface area (Å²) in [5, 5.41) is 11.6. The van der Waals surface area contributed by atoms with Crippen molar-refractivity contribution in [3.05, 3.63) is 59.2 Å². The Hall–Kier alpha value is -2.24. The Morgan fingerprint density at radius 1 is 1.12 bits per heavy atom. The molecule has 0 aliphatic carbocycles. The minimum absolute atomic E-state index is 0.513. The van der Waals surface area contributed by atoms with Gasteiger partial charge in [0, 0.05) is 30.0 Å². The van der Waals surface area contributed by atoms with E-state index in [0.29, 0.717) is 11.7 Å². The molecule has 0 unspecified atom stereocenters. The number of nitrogens with one attached hydrogen (secondary N) is 3. The number of hydrogen-bond acceptors (Lipinski definition) is 5. The molecule has 0 saturated carbocycles. The van der Waals surface area contributed by atoms with Crippen LogP contribution in [0, 0.1) is 0 Å². The van der Waals surface area contributed by atoms with E-state index >= 15 is 0 Å². The Balaban J connectivity index is 1.56. The first-order valence-electron chi connectivity index (χ1n) is 8.92. The van der Waals surface area contributed by atoms with Crippen molar-refractivity contribution in [2.75, 3.05) is 37.8 Å². The Morgan fingerprint density at radius 3 is 2.81 bits per heavy atom. The van der Waals surface area contributed by atoms with E-state index in [0.717, 1.165) is 43.0 Å². The average molecular weight is 372 g/mol. The molecule has 0 saturated heterocycles. The van der Waals surface area contributed by atoms with Gasteiger partial charge in [0.15, 0.2) is 5.17 Å². The van der Waals surface area contributed by atoms with Gasteiger partial charge in [0.05, 0.1) is 6.54 Å². The summed E-state index contributed by atoms with van der Waals surface area (Å²) in [7, 11) is 4.20. The summed E-state index contributed by atoms with van der Waals surface area (Å²) in [5.74, 6) is 0. The van der Waals surface area contributed by atoms with Gasteiger partial charge >= 0.3 is 0 Å². The van der Waals surface area contributed by atoms with E-state index in [1.54, 1.807) is 0 Å². The maximum Gasteiger partial charge on any atom is 0.156 e. The largest absolute Gasteiger partial charge is 0.385 e. The maximum atomic E-state index is 6.19. The van der Waals surface area contributed by atoms with E-state index in [2.05, 4.69) is 82.6 Å². The van der Waals surface area contributed by atoms with Crippen molar-refractivity contribution in [1.82, 2.24) is 10.3 Å². The van der Waals surface area contributed by atoms with Crippen LogP contribution in [0.5, 0.6) is 0 Å². The Morgan fingerprint density at radius 2 is 1.96 bits per heavy atom. The first-order valence-corrected chi connectivity index (χ1v) is 9.30. The normalized spacial score (nSPS) is 13.0. The molecule has 0 spiro atoms. The molecule has 3 N–H and O–H groups in total. The fourth-order valence-electron chi connectivity index (χ4n) is 2.91. The third kappa shape index (κ3) is 5.13. The Labute approximate surface area is 160 Å². The quantitative estimate of drug-likeness (QED) is 0.620. The number of halogens is 1. The summed E-state index contributed by atoms with van der Waals surface area (Å²) < 4.78 is 0. The van der Waals surface area contributed by atoms with Gasteiger partial charge in [-0.1, -0.05) is 29.8 Å². The van der Waals surface area contributed by atoms with Gasteiger partial charge in [-0.3, -0.25) is 0 Å². The van der Waals surface area contributed by atoms with Crippen LogP contribution in [-0.4, -0.2) is 37.3 Å². The molecule has 1 aliphatic rings. The minimum Gasteiger partial charge on any atom is -0.385 e. The van der Waals surface area contributed by atoms with Crippen molar-refractivity contribution in [2.45, 2.75) is 19.5 Å². The molecule has 1 aliphatic heterocycles. The van der Waals surface area contributed by atoms with E-state index in [4.69, 9.17) is 11.6 Å². The van der Waals surface area contributed by atoms with Crippen LogP contribution in [-0.2, 0) is 13.1 Å². The van der Waals surface area contributed by atoms with Crippen molar-refractivity contribution < 1.29 is 0 Å². The zero-order valence-corrected chi connectivity index (χ0v) is 16.1. The predicted molar refractivity (Wildman–Crippen MR) is 111 cm³/mol. The lowest BCUT2D eigenvalue weighted by molar-refractivity contribution is 0.405. The van der Waals surface area contributed by atoms with Crippen molar-refractivity contribution in [3.63, 3.8) is 0 Å². The van der Waals surface area contributed by atoms with Crippen LogP contribution in [0.4, 0.5) is 11.4 Å². The van der Waals surface area contributed by atoms with Crippen LogP contribution >= 0.6 is 11.6 Å². The SMILES string of the molecule is CN(C)CCCNc1cccc(CNc2ccc3c(c2)C(Cl)=NNC3)c1. The van der Waals surface area contributed by atoms with E-state index in [1.165, 1.54) is 11.1 Å². The maximum absolute atomic E-state index is 6.19. The zero-order valence-electron chi connectivity index (χ0n) is 15.3. The molecule has 26 heavy (non-hydrogen) atoms. The lowest BCUT2D eigenvalue weighted by Crippen LogP contribution is -2.17. The summed E-state index contributed by atoms with van der Waals surface area (Å²) in [6.45, 7) is 3.55. The van der Waals surface area contributed by atoms with Crippen molar-refractivity contribution >= 4 is 28.1 Å². The number of rotatable bonds is 8. The smallest absolute Gasteiger partial charge is 0.156 e. The van der Waals surface area contributed by atoms with Gasteiger partial charge in [0.1, 0.15) is 0 Å². The molecule has 3 rings (SSSR count). The number of hydrogen-bond donors (Lipinski definition) is 3. The fourth-order valence-corrected chi connectivity index (χ4v) is 3.15. The van der Waals surface area contributed by atoms with Crippen LogP contribution in [0.25, 0.3) is 0 Å². The standard InChI is InChI=1S/C20H26ClN5/c1-26(2)10-4-9-22-17-6-3-5-15(11-17)13-23-18-8-7-16-14-24-25-20(21)19(16)12-18/h3,5-8,11-12,22-24H,4,9-10,13-14H2,1-2H3. The van der Waals surface area contributed by atoms with E-state index in [9.17, 15) is 0 Å². The molecule has 5 nitrogen and oxygen atoms in total. The highest BCUT2D eigenvalue weighted by atomic mass is 35.5. The van der Waals surface area contributed by atoms with Crippen molar-refractivity contribution in [3.8, 4) is 0 Å². The average Bonchev–Trinajstić information content (AvgIpc) is 2.64. The van der Waals surface area contributed by atoms with Crippen LogP contribution in [0.15, 0.2) is 47.6 Å². The monoisotopic (exact) mass is 371 g/mol. The van der Waals surface area contributed by atoms with E-state index < -0.39 is 0 Å². The summed E-state index contributed by atoms with van der Waals surface area (Å²) in [4.78, 5) is 2.20. The second-order valence-electron chi connectivity index (χ2n) is 6.75. The number of anilines is 2. The third-order valence-corrected chi connectivity index (χ3v) is 4.60. The van der Waals surface area contributed by atoms with Crippen molar-refractivity contribution in [2.24, 2.45) is 5.10 Å². The van der Waals surface area contributed by atoms with Gasteiger partial charge in [-0.2, -0.15) is 5.10 Å². The number of fused-ring (bicyclic) bond motifs is 1. The first kappa shape index (κ1) is 18.5. The lowest BCUT2D eigenvalue weighted by atomic mass is 10.1.